The highest BCUT2D eigenvalue weighted by Crippen LogP contribution is 2.30. The van der Waals surface area contributed by atoms with E-state index >= 15 is 0 Å². The zero-order chi connectivity index (χ0) is 12.1. The first-order chi connectivity index (χ1) is 7.56. The third-order valence-corrected chi connectivity index (χ3v) is 1.78. The maximum Gasteiger partial charge on any atom is 0.372 e. The van der Waals surface area contributed by atoms with Crippen LogP contribution in [0.1, 0.15) is 19.8 Å². The molecule has 0 amide bonds. The number of rotatable bonds is 5. The Balaban J connectivity index is 2.87. The van der Waals surface area contributed by atoms with Crippen LogP contribution in [0.3, 0.4) is 0 Å². The number of aromatic nitrogens is 2. The fourth-order valence-electron chi connectivity index (χ4n) is 0.987. The van der Waals surface area contributed by atoms with E-state index in [2.05, 4.69) is 9.97 Å². The standard InChI is InChI=1S/C8H12N4O4/c1-2-3-4-16-8-10-6(9)5(12(14)15)7(13)11-8/h2-4H2,1H3,(H3,9,10,11,13). The molecule has 0 aliphatic heterocycles. The summed E-state index contributed by atoms with van der Waals surface area (Å²) >= 11 is 0. The van der Waals surface area contributed by atoms with Crippen molar-refractivity contribution in [2.24, 2.45) is 0 Å². The summed E-state index contributed by atoms with van der Waals surface area (Å²) in [4.78, 5) is 16.6. The van der Waals surface area contributed by atoms with Crippen LogP contribution in [0.5, 0.6) is 11.9 Å². The molecule has 16 heavy (non-hydrogen) atoms. The van der Waals surface area contributed by atoms with Crippen LogP contribution in [0.15, 0.2) is 0 Å². The van der Waals surface area contributed by atoms with Crippen molar-refractivity contribution in [3.05, 3.63) is 10.1 Å². The molecule has 0 bridgehead atoms. The van der Waals surface area contributed by atoms with Gasteiger partial charge in [-0.2, -0.15) is 9.97 Å². The van der Waals surface area contributed by atoms with Gasteiger partial charge in [0.25, 0.3) is 5.88 Å². The van der Waals surface area contributed by atoms with Gasteiger partial charge in [-0.1, -0.05) is 13.3 Å². The van der Waals surface area contributed by atoms with E-state index in [0.717, 1.165) is 12.8 Å². The van der Waals surface area contributed by atoms with Gasteiger partial charge in [0.1, 0.15) is 0 Å². The van der Waals surface area contributed by atoms with Crippen LogP contribution in [-0.4, -0.2) is 26.6 Å². The van der Waals surface area contributed by atoms with E-state index in [1.807, 2.05) is 6.92 Å². The normalized spacial score (nSPS) is 10.1. The van der Waals surface area contributed by atoms with Crippen molar-refractivity contribution >= 4 is 11.5 Å². The SMILES string of the molecule is CCCCOc1nc(N)c([N+](=O)[O-])c(O)n1. The van der Waals surface area contributed by atoms with Gasteiger partial charge in [-0.15, -0.1) is 0 Å². The van der Waals surface area contributed by atoms with Crippen LogP contribution in [0.4, 0.5) is 11.5 Å². The highest BCUT2D eigenvalue weighted by atomic mass is 16.6. The molecule has 0 aliphatic carbocycles. The average Bonchev–Trinajstić information content (AvgIpc) is 2.16. The van der Waals surface area contributed by atoms with E-state index in [1.54, 1.807) is 0 Å². The number of hydrogen-bond donors (Lipinski definition) is 2. The zero-order valence-corrected chi connectivity index (χ0v) is 8.71. The first-order valence-electron chi connectivity index (χ1n) is 4.70. The molecule has 8 heteroatoms. The van der Waals surface area contributed by atoms with Crippen molar-refractivity contribution in [2.45, 2.75) is 19.8 Å². The molecular formula is C8H12N4O4. The highest BCUT2D eigenvalue weighted by Gasteiger charge is 2.22. The summed E-state index contributed by atoms with van der Waals surface area (Å²) in [6.45, 7) is 2.35. The quantitative estimate of drug-likeness (QED) is 0.434. The Morgan fingerprint density at radius 2 is 2.25 bits per heavy atom. The Bertz CT molecular complexity index is 373. The Hall–Kier alpha value is -2.12. The molecule has 1 heterocycles. The van der Waals surface area contributed by atoms with Crippen molar-refractivity contribution in [3.63, 3.8) is 0 Å². The van der Waals surface area contributed by atoms with E-state index in [1.165, 1.54) is 0 Å². The lowest BCUT2D eigenvalue weighted by atomic mass is 10.4. The van der Waals surface area contributed by atoms with Gasteiger partial charge >= 0.3 is 11.7 Å². The van der Waals surface area contributed by atoms with Crippen molar-refractivity contribution in [2.75, 3.05) is 12.3 Å². The molecule has 88 valence electrons. The number of anilines is 1. The summed E-state index contributed by atoms with van der Waals surface area (Å²) in [5, 5.41) is 19.7. The minimum Gasteiger partial charge on any atom is -0.488 e. The van der Waals surface area contributed by atoms with Crippen LogP contribution in [0.25, 0.3) is 0 Å². The summed E-state index contributed by atoms with van der Waals surface area (Å²) < 4.78 is 5.06. The maximum atomic E-state index is 10.5. The third kappa shape index (κ3) is 2.69. The van der Waals surface area contributed by atoms with Gasteiger partial charge in [0.05, 0.1) is 11.5 Å². The summed E-state index contributed by atoms with van der Waals surface area (Å²) in [6.07, 6.45) is 1.72. The maximum absolute atomic E-state index is 10.5. The second-order valence-corrected chi connectivity index (χ2v) is 3.02. The zero-order valence-electron chi connectivity index (χ0n) is 8.71. The number of aromatic hydroxyl groups is 1. The lowest BCUT2D eigenvalue weighted by molar-refractivity contribution is -0.385. The van der Waals surface area contributed by atoms with Crippen LogP contribution in [0.2, 0.25) is 0 Å². The average molecular weight is 228 g/mol. The van der Waals surface area contributed by atoms with Gasteiger partial charge in [-0.3, -0.25) is 10.1 Å². The van der Waals surface area contributed by atoms with E-state index in [9.17, 15) is 15.2 Å². The van der Waals surface area contributed by atoms with Gasteiger partial charge in [-0.25, -0.2) is 0 Å². The van der Waals surface area contributed by atoms with Crippen LogP contribution >= 0.6 is 0 Å². The molecule has 0 atom stereocenters. The summed E-state index contributed by atoms with van der Waals surface area (Å²) in [7, 11) is 0. The Labute approximate surface area is 91.2 Å². The monoisotopic (exact) mass is 228 g/mol. The van der Waals surface area contributed by atoms with Crippen molar-refractivity contribution < 1.29 is 14.8 Å². The molecule has 8 nitrogen and oxygen atoms in total. The predicted molar refractivity (Wildman–Crippen MR) is 55.2 cm³/mol. The number of nitrogens with zero attached hydrogens (tertiary/aromatic N) is 3. The first-order valence-corrected chi connectivity index (χ1v) is 4.70. The molecule has 1 aromatic rings. The van der Waals surface area contributed by atoms with Gasteiger partial charge in [0.15, 0.2) is 0 Å². The summed E-state index contributed by atoms with van der Waals surface area (Å²) in [5.74, 6) is -1.20. The largest absolute Gasteiger partial charge is 0.488 e. The molecule has 0 spiro atoms. The van der Waals surface area contributed by atoms with E-state index in [4.69, 9.17) is 10.5 Å². The molecule has 0 saturated heterocycles. The number of hydrogen-bond acceptors (Lipinski definition) is 7. The van der Waals surface area contributed by atoms with E-state index in [0.29, 0.717) is 6.61 Å². The number of nitro groups is 1. The van der Waals surface area contributed by atoms with Crippen LogP contribution < -0.4 is 10.5 Å². The molecule has 0 aliphatic rings. The van der Waals surface area contributed by atoms with Crippen molar-refractivity contribution in [3.8, 4) is 11.9 Å². The number of unbranched alkanes of at least 4 members (excludes halogenated alkanes) is 1. The number of ether oxygens (including phenoxy) is 1. The number of nitrogens with two attached hydrogens (primary N) is 1. The molecule has 0 fully saturated rings. The third-order valence-electron chi connectivity index (χ3n) is 1.78. The Morgan fingerprint density at radius 3 is 2.75 bits per heavy atom. The summed E-state index contributed by atoms with van der Waals surface area (Å²) in [5.41, 5.74) is 4.59. The second-order valence-electron chi connectivity index (χ2n) is 3.02. The fraction of sp³-hybridized carbons (Fsp3) is 0.500. The van der Waals surface area contributed by atoms with E-state index in [-0.39, 0.29) is 6.01 Å². The van der Waals surface area contributed by atoms with Gasteiger partial charge < -0.3 is 15.6 Å². The molecule has 3 N–H and O–H groups in total. The minimum absolute atomic E-state index is 0.158. The highest BCUT2D eigenvalue weighted by molar-refractivity contribution is 5.58. The predicted octanol–water partition coefficient (Wildman–Crippen LogP) is 0.851. The lowest BCUT2D eigenvalue weighted by Crippen LogP contribution is -2.05. The Morgan fingerprint density at radius 1 is 1.56 bits per heavy atom. The topological polar surface area (TPSA) is 124 Å². The van der Waals surface area contributed by atoms with Crippen molar-refractivity contribution in [1.82, 2.24) is 9.97 Å². The fourth-order valence-corrected chi connectivity index (χ4v) is 0.987. The molecule has 0 aromatic carbocycles. The van der Waals surface area contributed by atoms with Gasteiger partial charge in [0, 0.05) is 0 Å². The first kappa shape index (κ1) is 12.0. The minimum atomic E-state index is -0.847. The van der Waals surface area contributed by atoms with Gasteiger partial charge in [0.2, 0.25) is 5.82 Å². The lowest BCUT2D eigenvalue weighted by Gasteiger charge is -2.04. The van der Waals surface area contributed by atoms with Crippen LogP contribution in [0, 0.1) is 10.1 Å². The number of nitrogen functional groups attached to an aromatic ring is 1. The molecule has 1 rings (SSSR count). The molecule has 1 aromatic heterocycles. The molecule has 0 unspecified atom stereocenters. The van der Waals surface area contributed by atoms with Crippen molar-refractivity contribution in [1.29, 1.82) is 0 Å². The Kier molecular flexibility index (Phi) is 3.81. The molecule has 0 saturated carbocycles. The van der Waals surface area contributed by atoms with Crippen LogP contribution in [-0.2, 0) is 0 Å². The van der Waals surface area contributed by atoms with E-state index < -0.39 is 22.3 Å². The summed E-state index contributed by atoms with van der Waals surface area (Å²) in [6, 6.07) is -0.158. The second kappa shape index (κ2) is 5.10. The van der Waals surface area contributed by atoms with Gasteiger partial charge in [-0.05, 0) is 6.42 Å². The molecular weight excluding hydrogens is 216 g/mol. The molecule has 0 radical (unpaired) electrons. The smallest absolute Gasteiger partial charge is 0.372 e.